The number of nitrogens with one attached hydrogen (secondary N) is 2. The van der Waals surface area contributed by atoms with Gasteiger partial charge in [0.1, 0.15) is 5.75 Å². The first-order chi connectivity index (χ1) is 13.3. The van der Waals surface area contributed by atoms with Crippen molar-refractivity contribution >= 4 is 11.8 Å². The summed E-state index contributed by atoms with van der Waals surface area (Å²) in [4.78, 5) is 11.4. The number of hydrogen-bond donors (Lipinski definition) is 3. The first kappa shape index (κ1) is 19.2. The largest absolute Gasteiger partial charge is 0.491 e. The van der Waals surface area contributed by atoms with Gasteiger partial charge in [-0.05, 0) is 56.0 Å². The fraction of sp³-hybridized carbons (Fsp3) is 0.409. The average Bonchev–Trinajstić information content (AvgIpc) is 3.41. The van der Waals surface area contributed by atoms with E-state index in [0.29, 0.717) is 6.61 Å². The zero-order chi connectivity index (χ0) is 18.9. The van der Waals surface area contributed by atoms with Gasteiger partial charge in [0.25, 0.3) is 0 Å². The highest BCUT2D eigenvalue weighted by Crippen LogP contribution is 2.29. The van der Waals surface area contributed by atoms with Crippen molar-refractivity contribution < 1.29 is 9.84 Å². The highest BCUT2D eigenvalue weighted by atomic mass is 16.5. The molecule has 0 amide bonds. The standard InChI is InChI=1S/C22H29N3O2/c1-2-14-27-22-16-20(19-9-7-12-23-19)25-21(22)15-18-11-10-17(24-18)8-5-3-4-6-13-26/h7,9-12,15-16,23,25-26H,2-6,8,13-14H2,1H3/b18-15+. The third-order valence-electron chi connectivity index (χ3n) is 4.51. The van der Waals surface area contributed by atoms with E-state index in [0.717, 1.165) is 72.8 Å². The molecule has 0 atom stereocenters. The molecule has 27 heavy (non-hydrogen) atoms. The van der Waals surface area contributed by atoms with Gasteiger partial charge >= 0.3 is 0 Å². The van der Waals surface area contributed by atoms with Crippen molar-refractivity contribution in [1.82, 2.24) is 9.97 Å². The van der Waals surface area contributed by atoms with Crippen LogP contribution in [0.2, 0.25) is 0 Å². The van der Waals surface area contributed by atoms with Crippen molar-refractivity contribution in [3.05, 3.63) is 47.9 Å². The molecule has 0 unspecified atom stereocenters. The monoisotopic (exact) mass is 367 g/mol. The summed E-state index contributed by atoms with van der Waals surface area (Å²) in [5.74, 6) is 0.856. The molecule has 0 aliphatic carbocycles. The van der Waals surface area contributed by atoms with Crippen LogP contribution in [0.25, 0.3) is 17.5 Å². The van der Waals surface area contributed by atoms with E-state index in [1.54, 1.807) is 0 Å². The Kier molecular flexibility index (Phi) is 7.11. The molecule has 0 spiro atoms. The Morgan fingerprint density at radius 1 is 1.15 bits per heavy atom. The summed E-state index contributed by atoms with van der Waals surface area (Å²) in [5, 5.41) is 8.83. The highest BCUT2D eigenvalue weighted by Gasteiger charge is 2.12. The minimum atomic E-state index is 0.288. The van der Waals surface area contributed by atoms with Crippen molar-refractivity contribution in [2.24, 2.45) is 4.99 Å². The molecular formula is C22H29N3O2. The summed E-state index contributed by atoms with van der Waals surface area (Å²) in [6.45, 7) is 3.08. The molecular weight excluding hydrogens is 338 g/mol. The van der Waals surface area contributed by atoms with Crippen LogP contribution in [0, 0.1) is 0 Å². The van der Waals surface area contributed by atoms with E-state index in [2.05, 4.69) is 29.0 Å². The number of aliphatic hydroxyl groups is 1. The van der Waals surface area contributed by atoms with Crippen molar-refractivity contribution in [2.75, 3.05) is 13.2 Å². The third kappa shape index (κ3) is 5.47. The molecule has 1 aliphatic heterocycles. The van der Waals surface area contributed by atoms with Crippen LogP contribution in [0.4, 0.5) is 0 Å². The van der Waals surface area contributed by atoms with Crippen molar-refractivity contribution in [1.29, 1.82) is 0 Å². The number of aliphatic hydroxyl groups excluding tert-OH is 1. The maximum Gasteiger partial charge on any atom is 0.144 e. The summed E-state index contributed by atoms with van der Waals surface area (Å²) >= 11 is 0. The average molecular weight is 367 g/mol. The minimum Gasteiger partial charge on any atom is -0.491 e. The van der Waals surface area contributed by atoms with E-state index in [1.165, 1.54) is 0 Å². The molecule has 0 saturated heterocycles. The van der Waals surface area contributed by atoms with E-state index in [-0.39, 0.29) is 6.61 Å². The van der Waals surface area contributed by atoms with Crippen LogP contribution in [-0.4, -0.2) is 34.0 Å². The highest BCUT2D eigenvalue weighted by molar-refractivity contribution is 5.99. The van der Waals surface area contributed by atoms with Crippen LogP contribution in [0.15, 0.2) is 47.2 Å². The molecule has 5 nitrogen and oxygen atoms in total. The third-order valence-corrected chi connectivity index (χ3v) is 4.51. The number of aromatic nitrogens is 2. The predicted octanol–water partition coefficient (Wildman–Crippen LogP) is 5.09. The summed E-state index contributed by atoms with van der Waals surface area (Å²) in [6.07, 6.45) is 14.3. The Hall–Kier alpha value is -2.53. The van der Waals surface area contributed by atoms with Crippen LogP contribution < -0.4 is 4.74 Å². The van der Waals surface area contributed by atoms with Crippen LogP contribution >= 0.6 is 0 Å². The second-order valence-corrected chi connectivity index (χ2v) is 6.79. The van der Waals surface area contributed by atoms with E-state index in [9.17, 15) is 0 Å². The lowest BCUT2D eigenvalue weighted by atomic mass is 10.1. The van der Waals surface area contributed by atoms with Gasteiger partial charge in [-0.2, -0.15) is 0 Å². The van der Waals surface area contributed by atoms with Gasteiger partial charge in [0.2, 0.25) is 0 Å². The molecule has 3 heterocycles. The van der Waals surface area contributed by atoms with Gasteiger partial charge in [0.05, 0.1) is 29.4 Å². The van der Waals surface area contributed by atoms with Gasteiger partial charge in [0, 0.05) is 24.6 Å². The van der Waals surface area contributed by atoms with Crippen LogP contribution in [0.5, 0.6) is 5.75 Å². The Labute approximate surface area is 160 Å². The van der Waals surface area contributed by atoms with Gasteiger partial charge in [-0.3, -0.25) is 4.99 Å². The van der Waals surface area contributed by atoms with Crippen LogP contribution in [0.1, 0.15) is 51.1 Å². The zero-order valence-corrected chi connectivity index (χ0v) is 16.0. The maximum atomic E-state index is 8.83. The zero-order valence-electron chi connectivity index (χ0n) is 16.0. The minimum absolute atomic E-state index is 0.288. The summed E-state index contributed by atoms with van der Waals surface area (Å²) < 4.78 is 5.92. The number of aliphatic imine (C=N–C) groups is 1. The molecule has 3 rings (SSSR count). The van der Waals surface area contributed by atoms with Crippen LogP contribution in [0.3, 0.4) is 0 Å². The normalized spacial score (nSPS) is 14.9. The van der Waals surface area contributed by atoms with Crippen LogP contribution in [-0.2, 0) is 0 Å². The number of ether oxygens (including phenoxy) is 1. The molecule has 144 valence electrons. The van der Waals surface area contributed by atoms with E-state index in [1.807, 2.05) is 30.5 Å². The number of rotatable bonds is 11. The lowest BCUT2D eigenvalue weighted by Gasteiger charge is -2.03. The molecule has 0 fully saturated rings. The molecule has 1 aliphatic rings. The van der Waals surface area contributed by atoms with Crippen molar-refractivity contribution in [3.8, 4) is 17.1 Å². The van der Waals surface area contributed by atoms with Gasteiger partial charge in [-0.1, -0.05) is 19.8 Å². The summed E-state index contributed by atoms with van der Waals surface area (Å²) in [7, 11) is 0. The molecule has 0 aromatic carbocycles. The molecule has 5 heteroatoms. The smallest absolute Gasteiger partial charge is 0.144 e. The number of H-pyrrole nitrogens is 2. The SMILES string of the molecule is CCCOc1cc(-c2ccc[nH]2)[nH]c1/C=C1\C=CC(CCCCCCO)=N1. The Morgan fingerprint density at radius 2 is 2.04 bits per heavy atom. The maximum absolute atomic E-state index is 8.83. The molecule has 2 aromatic heterocycles. The Balaban J connectivity index is 1.69. The fourth-order valence-corrected chi connectivity index (χ4v) is 3.09. The fourth-order valence-electron chi connectivity index (χ4n) is 3.09. The van der Waals surface area contributed by atoms with Gasteiger partial charge in [-0.25, -0.2) is 0 Å². The molecule has 0 bridgehead atoms. The van der Waals surface area contributed by atoms with E-state index >= 15 is 0 Å². The number of allylic oxidation sites excluding steroid dienone is 2. The lowest BCUT2D eigenvalue weighted by Crippen LogP contribution is -1.95. The molecule has 0 saturated carbocycles. The molecule has 3 N–H and O–H groups in total. The molecule has 2 aromatic rings. The predicted molar refractivity (Wildman–Crippen MR) is 111 cm³/mol. The lowest BCUT2D eigenvalue weighted by molar-refractivity contribution is 0.283. The van der Waals surface area contributed by atoms with Crippen molar-refractivity contribution in [3.63, 3.8) is 0 Å². The second kappa shape index (κ2) is 9.97. The Morgan fingerprint density at radius 3 is 2.81 bits per heavy atom. The molecule has 0 radical (unpaired) electrons. The number of aromatic amines is 2. The van der Waals surface area contributed by atoms with E-state index < -0.39 is 0 Å². The summed E-state index contributed by atoms with van der Waals surface area (Å²) in [6, 6.07) is 6.06. The van der Waals surface area contributed by atoms with Gasteiger partial charge < -0.3 is 19.8 Å². The quantitative estimate of drug-likeness (QED) is 0.484. The number of nitrogens with zero attached hydrogens (tertiary/aromatic N) is 1. The van der Waals surface area contributed by atoms with Gasteiger partial charge in [-0.15, -0.1) is 0 Å². The summed E-state index contributed by atoms with van der Waals surface area (Å²) in [5.41, 5.74) is 5.06. The first-order valence-corrected chi connectivity index (χ1v) is 9.88. The Bertz CT molecular complexity index is 798. The topological polar surface area (TPSA) is 73.4 Å². The first-order valence-electron chi connectivity index (χ1n) is 9.88. The van der Waals surface area contributed by atoms with Gasteiger partial charge in [0.15, 0.2) is 0 Å². The van der Waals surface area contributed by atoms with E-state index in [4.69, 9.17) is 14.8 Å². The second-order valence-electron chi connectivity index (χ2n) is 6.79. The number of hydrogen-bond acceptors (Lipinski definition) is 3. The van der Waals surface area contributed by atoms with Crippen molar-refractivity contribution in [2.45, 2.75) is 45.4 Å². The number of unbranched alkanes of at least 4 members (excludes halogenated alkanes) is 3.